The summed E-state index contributed by atoms with van der Waals surface area (Å²) in [5, 5.41) is 4.06. The van der Waals surface area contributed by atoms with Crippen LogP contribution in [-0.4, -0.2) is 48.0 Å². The molecule has 1 aliphatic heterocycles. The number of aromatic nitrogens is 2. The average molecular weight is 549 g/mol. The Hall–Kier alpha value is -4.64. The van der Waals surface area contributed by atoms with Crippen LogP contribution in [0.1, 0.15) is 33.7 Å². The molecule has 0 saturated heterocycles. The Bertz CT molecular complexity index is 1600. The number of nitrogens with zero attached hydrogens (tertiary/aromatic N) is 4. The molecule has 1 aromatic heterocycles. The van der Waals surface area contributed by atoms with Crippen molar-refractivity contribution >= 4 is 34.3 Å². The highest BCUT2D eigenvalue weighted by atomic mass is 19.1. The van der Waals surface area contributed by atoms with Crippen molar-refractivity contribution in [1.82, 2.24) is 9.55 Å². The van der Waals surface area contributed by atoms with Gasteiger partial charge in [-0.05, 0) is 60.5 Å². The number of halogens is 2. The molecule has 0 bridgehead atoms. The van der Waals surface area contributed by atoms with Gasteiger partial charge < -0.3 is 18.9 Å². The number of imidazole rings is 1. The zero-order valence-electron chi connectivity index (χ0n) is 21.9. The molecular weight excluding hydrogens is 522 g/mol. The Morgan fingerprint density at radius 3 is 2.50 bits per heavy atom. The standard InChI is InChI=1S/C29H26F2N4O5/c1-38-13-3-12-34-25-15-21(31)8-10-23(25)32-26(34)16-35-24-11-9-20(30)14-22(24)27(28(35)36)33-40-17-18-4-6-19(7-5-18)29(37)39-2/h4-11,14-15H,3,12-13,16-17H2,1-2H3/b33-27-. The van der Waals surface area contributed by atoms with Crippen LogP contribution in [0.15, 0.2) is 65.8 Å². The van der Waals surface area contributed by atoms with Crippen molar-refractivity contribution in [2.75, 3.05) is 25.7 Å². The zero-order chi connectivity index (χ0) is 28.2. The number of benzene rings is 3. The van der Waals surface area contributed by atoms with Gasteiger partial charge in [0.1, 0.15) is 24.1 Å². The van der Waals surface area contributed by atoms with E-state index in [1.54, 1.807) is 37.4 Å². The quantitative estimate of drug-likeness (QED) is 0.163. The molecule has 2 heterocycles. The Balaban J connectivity index is 1.41. The minimum atomic E-state index is -0.526. The van der Waals surface area contributed by atoms with E-state index in [0.717, 1.165) is 0 Å². The van der Waals surface area contributed by atoms with E-state index in [-0.39, 0.29) is 18.9 Å². The first-order valence-corrected chi connectivity index (χ1v) is 12.5. The maximum absolute atomic E-state index is 14.2. The van der Waals surface area contributed by atoms with Crippen molar-refractivity contribution in [3.05, 3.63) is 94.8 Å². The molecule has 0 atom stereocenters. The van der Waals surface area contributed by atoms with Crippen molar-refractivity contribution in [1.29, 1.82) is 0 Å². The molecule has 0 saturated carbocycles. The lowest BCUT2D eigenvalue weighted by Gasteiger charge is -2.18. The molecule has 0 unspecified atom stereocenters. The fourth-order valence-corrected chi connectivity index (χ4v) is 4.58. The van der Waals surface area contributed by atoms with Gasteiger partial charge in [0, 0.05) is 25.8 Å². The molecule has 0 spiro atoms. The van der Waals surface area contributed by atoms with Gasteiger partial charge in [-0.25, -0.2) is 18.6 Å². The fourth-order valence-electron chi connectivity index (χ4n) is 4.58. The number of carbonyl (C=O) groups is 2. The summed E-state index contributed by atoms with van der Waals surface area (Å²) in [6.45, 7) is 1.07. The monoisotopic (exact) mass is 548 g/mol. The van der Waals surface area contributed by atoms with E-state index in [9.17, 15) is 18.4 Å². The molecule has 1 amide bonds. The van der Waals surface area contributed by atoms with Crippen molar-refractivity contribution in [3.8, 4) is 0 Å². The molecule has 0 fully saturated rings. The zero-order valence-corrected chi connectivity index (χ0v) is 21.9. The highest BCUT2D eigenvalue weighted by molar-refractivity contribution is 6.54. The summed E-state index contributed by atoms with van der Waals surface area (Å²) >= 11 is 0. The number of esters is 1. The third-order valence-corrected chi connectivity index (χ3v) is 6.53. The van der Waals surface area contributed by atoms with Crippen LogP contribution in [0.4, 0.5) is 14.5 Å². The highest BCUT2D eigenvalue weighted by Crippen LogP contribution is 2.32. The molecule has 9 nitrogen and oxygen atoms in total. The first-order chi connectivity index (χ1) is 19.4. The van der Waals surface area contributed by atoms with E-state index in [0.29, 0.717) is 58.8 Å². The average Bonchev–Trinajstić information content (AvgIpc) is 3.42. The number of ether oxygens (including phenoxy) is 2. The first-order valence-electron chi connectivity index (χ1n) is 12.5. The van der Waals surface area contributed by atoms with E-state index < -0.39 is 23.5 Å². The van der Waals surface area contributed by atoms with Gasteiger partial charge in [-0.3, -0.25) is 9.69 Å². The predicted octanol–water partition coefficient (Wildman–Crippen LogP) is 4.61. The summed E-state index contributed by atoms with van der Waals surface area (Å²) < 4.78 is 40.0. The number of anilines is 1. The summed E-state index contributed by atoms with van der Waals surface area (Å²) in [6, 6.07) is 14.9. The predicted molar refractivity (Wildman–Crippen MR) is 143 cm³/mol. The Labute approximate surface area is 228 Å². The molecule has 3 aromatic carbocycles. The molecule has 4 aromatic rings. The normalized spacial score (nSPS) is 13.8. The Kier molecular flexibility index (Phi) is 7.83. The number of carbonyl (C=O) groups excluding carboxylic acids is 2. The van der Waals surface area contributed by atoms with E-state index in [2.05, 4.69) is 10.1 Å². The third kappa shape index (κ3) is 5.41. The highest BCUT2D eigenvalue weighted by Gasteiger charge is 2.36. The number of aryl methyl sites for hydroxylation is 1. The fraction of sp³-hybridized carbons (Fsp3) is 0.241. The van der Waals surface area contributed by atoms with E-state index in [4.69, 9.17) is 14.3 Å². The third-order valence-electron chi connectivity index (χ3n) is 6.53. The summed E-state index contributed by atoms with van der Waals surface area (Å²) in [4.78, 5) is 36.7. The van der Waals surface area contributed by atoms with Crippen molar-refractivity contribution in [2.24, 2.45) is 5.16 Å². The summed E-state index contributed by atoms with van der Waals surface area (Å²) in [5.74, 6) is -1.32. The van der Waals surface area contributed by atoms with Crippen molar-refractivity contribution in [3.63, 3.8) is 0 Å². The smallest absolute Gasteiger partial charge is 0.337 e. The lowest BCUT2D eigenvalue weighted by molar-refractivity contribution is -0.112. The second kappa shape index (κ2) is 11.6. The van der Waals surface area contributed by atoms with Crippen LogP contribution in [0.2, 0.25) is 0 Å². The topological polar surface area (TPSA) is 95.2 Å². The van der Waals surface area contributed by atoms with Crippen LogP contribution in [-0.2, 0) is 38.8 Å². The minimum Gasteiger partial charge on any atom is -0.465 e. The minimum absolute atomic E-state index is 0.0176. The van der Waals surface area contributed by atoms with Gasteiger partial charge in [-0.15, -0.1) is 0 Å². The van der Waals surface area contributed by atoms with Crippen molar-refractivity contribution in [2.45, 2.75) is 26.1 Å². The Morgan fingerprint density at radius 2 is 1.75 bits per heavy atom. The van der Waals surface area contributed by atoms with Gasteiger partial charge in [0.15, 0.2) is 5.71 Å². The van der Waals surface area contributed by atoms with Crippen LogP contribution < -0.4 is 4.90 Å². The van der Waals surface area contributed by atoms with Crippen LogP contribution in [0.5, 0.6) is 0 Å². The molecule has 0 aliphatic carbocycles. The van der Waals surface area contributed by atoms with Crippen LogP contribution >= 0.6 is 0 Å². The number of fused-ring (bicyclic) bond motifs is 2. The lowest BCUT2D eigenvalue weighted by Crippen LogP contribution is -2.31. The number of methoxy groups -OCH3 is 2. The largest absolute Gasteiger partial charge is 0.465 e. The molecule has 0 N–H and O–H groups in total. The number of hydrogen-bond donors (Lipinski definition) is 0. The molecule has 40 heavy (non-hydrogen) atoms. The van der Waals surface area contributed by atoms with Gasteiger partial charge in [-0.2, -0.15) is 0 Å². The van der Waals surface area contributed by atoms with Gasteiger partial charge in [-0.1, -0.05) is 17.3 Å². The van der Waals surface area contributed by atoms with Crippen LogP contribution in [0, 0.1) is 11.6 Å². The SMILES string of the molecule is COCCCn1c(CN2C(=O)/C(=N\OCc3ccc(C(=O)OC)cc3)c3cc(F)ccc32)nc2ccc(F)cc21. The molecule has 0 radical (unpaired) electrons. The van der Waals surface area contributed by atoms with Crippen LogP contribution in [0.25, 0.3) is 11.0 Å². The van der Waals surface area contributed by atoms with Crippen LogP contribution in [0.3, 0.4) is 0 Å². The van der Waals surface area contributed by atoms with E-state index in [1.807, 2.05) is 4.57 Å². The van der Waals surface area contributed by atoms with Gasteiger partial charge >= 0.3 is 5.97 Å². The second-order valence-corrected chi connectivity index (χ2v) is 9.11. The Morgan fingerprint density at radius 1 is 1.00 bits per heavy atom. The van der Waals surface area contributed by atoms with Gasteiger partial charge in [0.25, 0.3) is 5.91 Å². The summed E-state index contributed by atoms with van der Waals surface area (Å²) in [6.07, 6.45) is 0.655. The van der Waals surface area contributed by atoms with E-state index in [1.165, 1.54) is 42.3 Å². The van der Waals surface area contributed by atoms with Gasteiger partial charge in [0.2, 0.25) is 0 Å². The first kappa shape index (κ1) is 26.9. The summed E-state index contributed by atoms with van der Waals surface area (Å²) in [5.41, 5.74) is 2.99. The number of rotatable bonds is 10. The molecular formula is C29H26F2N4O5. The molecule has 5 rings (SSSR count). The van der Waals surface area contributed by atoms with E-state index >= 15 is 0 Å². The number of amides is 1. The number of oxime groups is 1. The number of hydrogen-bond acceptors (Lipinski definition) is 7. The molecule has 1 aliphatic rings. The molecule has 11 heteroatoms. The van der Waals surface area contributed by atoms with Gasteiger partial charge in [0.05, 0.1) is 35.9 Å². The van der Waals surface area contributed by atoms with Crippen molar-refractivity contribution < 1.29 is 32.7 Å². The maximum Gasteiger partial charge on any atom is 0.337 e. The maximum atomic E-state index is 14.2. The lowest BCUT2D eigenvalue weighted by atomic mass is 10.1. The second-order valence-electron chi connectivity index (χ2n) is 9.11. The summed E-state index contributed by atoms with van der Waals surface area (Å²) in [7, 11) is 2.90. The molecule has 206 valence electrons.